The van der Waals surface area contributed by atoms with Crippen LogP contribution in [-0.2, 0) is 6.18 Å². The van der Waals surface area contributed by atoms with Gasteiger partial charge in [0.25, 0.3) is 5.92 Å². The van der Waals surface area contributed by atoms with E-state index in [2.05, 4.69) is 10.3 Å². The zero-order valence-electron chi connectivity index (χ0n) is 9.84. The van der Waals surface area contributed by atoms with Gasteiger partial charge in [0.2, 0.25) is 0 Å². The van der Waals surface area contributed by atoms with Gasteiger partial charge in [-0.1, -0.05) is 0 Å². The average Bonchev–Trinajstić information content (AvgIpc) is 2.25. The lowest BCUT2D eigenvalue weighted by Gasteiger charge is -2.35. The molecule has 0 aliphatic heterocycles. The highest BCUT2D eigenvalue weighted by Crippen LogP contribution is 2.39. The highest BCUT2D eigenvalue weighted by Gasteiger charge is 2.45. The molecular formula is C11H9F5N2O2. The predicted molar refractivity (Wildman–Crippen MR) is 57.8 cm³/mol. The van der Waals surface area contributed by atoms with Crippen molar-refractivity contribution in [3.05, 3.63) is 23.4 Å². The second-order valence-corrected chi connectivity index (χ2v) is 4.53. The summed E-state index contributed by atoms with van der Waals surface area (Å²) in [5.41, 5.74) is -1.91. The Morgan fingerprint density at radius 1 is 1.40 bits per heavy atom. The molecule has 1 aromatic heterocycles. The van der Waals surface area contributed by atoms with Crippen molar-refractivity contribution in [3.8, 4) is 0 Å². The summed E-state index contributed by atoms with van der Waals surface area (Å²) in [6, 6.07) is -0.276. The van der Waals surface area contributed by atoms with Gasteiger partial charge in [0, 0.05) is 25.1 Å². The third-order valence-corrected chi connectivity index (χ3v) is 2.88. The number of alkyl halides is 5. The maximum Gasteiger partial charge on any atom is 0.417 e. The molecule has 2 rings (SSSR count). The molecule has 1 heterocycles. The van der Waals surface area contributed by atoms with Gasteiger partial charge in [-0.15, -0.1) is 0 Å². The van der Waals surface area contributed by atoms with Crippen molar-refractivity contribution in [1.29, 1.82) is 0 Å². The van der Waals surface area contributed by atoms with Crippen molar-refractivity contribution in [3.63, 3.8) is 0 Å². The summed E-state index contributed by atoms with van der Waals surface area (Å²) in [7, 11) is 0. The third kappa shape index (κ3) is 2.97. The van der Waals surface area contributed by atoms with Crippen LogP contribution >= 0.6 is 0 Å². The number of carbonyl (C=O) groups is 1. The largest absolute Gasteiger partial charge is 0.478 e. The number of carboxylic acid groups (broad SMARTS) is 1. The number of hydrogen-bond donors (Lipinski definition) is 2. The standard InChI is InChI=1S/C11H9F5N2O2/c12-10(13)2-6(3-10)18-8-7(9(19)20)1-5(4-17-8)11(14,15)16/h1,4,6H,2-3H2,(H,17,18)(H,19,20). The van der Waals surface area contributed by atoms with E-state index in [0.717, 1.165) is 0 Å². The number of halogens is 5. The van der Waals surface area contributed by atoms with Gasteiger partial charge in [-0.3, -0.25) is 0 Å². The minimum Gasteiger partial charge on any atom is -0.478 e. The van der Waals surface area contributed by atoms with Crippen molar-refractivity contribution in [1.82, 2.24) is 4.98 Å². The Morgan fingerprint density at radius 2 is 2.00 bits per heavy atom. The van der Waals surface area contributed by atoms with Crippen LogP contribution in [0.15, 0.2) is 12.3 Å². The van der Waals surface area contributed by atoms with E-state index in [0.29, 0.717) is 12.3 Å². The van der Waals surface area contributed by atoms with Crippen LogP contribution in [0, 0.1) is 0 Å². The summed E-state index contributed by atoms with van der Waals surface area (Å²) in [6.45, 7) is 0. The smallest absolute Gasteiger partial charge is 0.417 e. The monoisotopic (exact) mass is 296 g/mol. The molecule has 0 bridgehead atoms. The van der Waals surface area contributed by atoms with E-state index >= 15 is 0 Å². The fraction of sp³-hybridized carbons (Fsp3) is 0.455. The van der Waals surface area contributed by atoms with Crippen molar-refractivity contribution in [2.24, 2.45) is 0 Å². The second-order valence-electron chi connectivity index (χ2n) is 4.53. The minimum atomic E-state index is -4.72. The Balaban J connectivity index is 2.23. The highest BCUT2D eigenvalue weighted by molar-refractivity contribution is 5.93. The molecule has 0 radical (unpaired) electrons. The van der Waals surface area contributed by atoms with Crippen LogP contribution in [0.1, 0.15) is 28.8 Å². The van der Waals surface area contributed by atoms with E-state index in [1.165, 1.54) is 0 Å². The van der Waals surface area contributed by atoms with E-state index in [9.17, 15) is 26.7 Å². The van der Waals surface area contributed by atoms with Gasteiger partial charge in [-0.25, -0.2) is 18.6 Å². The topological polar surface area (TPSA) is 62.2 Å². The van der Waals surface area contributed by atoms with E-state index < -0.39 is 48.1 Å². The van der Waals surface area contributed by atoms with Crippen LogP contribution in [-0.4, -0.2) is 28.0 Å². The molecule has 1 saturated carbocycles. The first-order chi connectivity index (χ1) is 9.08. The zero-order chi connectivity index (χ0) is 15.1. The van der Waals surface area contributed by atoms with E-state index in [-0.39, 0.29) is 5.82 Å². The summed E-state index contributed by atoms with van der Waals surface area (Å²) < 4.78 is 62.6. The Morgan fingerprint density at radius 3 is 2.45 bits per heavy atom. The molecule has 1 aliphatic carbocycles. The molecule has 1 aliphatic rings. The van der Waals surface area contributed by atoms with Crippen LogP contribution in [0.25, 0.3) is 0 Å². The number of nitrogens with zero attached hydrogens (tertiary/aromatic N) is 1. The summed E-state index contributed by atoms with van der Waals surface area (Å²) in [5.74, 6) is -4.78. The third-order valence-electron chi connectivity index (χ3n) is 2.88. The molecule has 9 heteroatoms. The number of anilines is 1. The maximum atomic E-state index is 12.6. The summed E-state index contributed by atoms with van der Waals surface area (Å²) in [6.07, 6.45) is -5.27. The average molecular weight is 296 g/mol. The minimum absolute atomic E-state index is 0.342. The number of nitrogens with one attached hydrogen (secondary N) is 1. The van der Waals surface area contributed by atoms with E-state index in [4.69, 9.17) is 5.11 Å². The lowest BCUT2D eigenvalue weighted by Crippen LogP contribution is -2.44. The molecule has 0 saturated heterocycles. The number of pyridine rings is 1. The zero-order valence-corrected chi connectivity index (χ0v) is 9.84. The van der Waals surface area contributed by atoms with Crippen LogP contribution in [0.2, 0.25) is 0 Å². The van der Waals surface area contributed by atoms with Crippen LogP contribution in [0.3, 0.4) is 0 Å². The van der Waals surface area contributed by atoms with Crippen molar-refractivity contribution < 1.29 is 31.9 Å². The first-order valence-corrected chi connectivity index (χ1v) is 5.53. The molecule has 20 heavy (non-hydrogen) atoms. The van der Waals surface area contributed by atoms with Gasteiger partial charge in [0.05, 0.1) is 5.56 Å². The summed E-state index contributed by atoms with van der Waals surface area (Å²) in [5, 5.41) is 11.3. The SMILES string of the molecule is O=C(O)c1cc(C(F)(F)F)cnc1NC1CC(F)(F)C1. The van der Waals surface area contributed by atoms with E-state index in [1.807, 2.05) is 0 Å². The first kappa shape index (κ1) is 14.5. The van der Waals surface area contributed by atoms with Crippen LogP contribution in [0.5, 0.6) is 0 Å². The highest BCUT2D eigenvalue weighted by atomic mass is 19.4. The van der Waals surface area contributed by atoms with Crippen molar-refractivity contribution in [2.75, 3.05) is 5.32 Å². The number of rotatable bonds is 3. The number of aromatic nitrogens is 1. The molecule has 1 aromatic rings. The quantitative estimate of drug-likeness (QED) is 0.842. The summed E-state index contributed by atoms with van der Waals surface area (Å²) in [4.78, 5) is 14.3. The first-order valence-electron chi connectivity index (χ1n) is 5.53. The number of carboxylic acids is 1. The van der Waals surface area contributed by atoms with Crippen molar-refractivity contribution >= 4 is 11.8 Å². The van der Waals surface area contributed by atoms with Crippen LogP contribution < -0.4 is 5.32 Å². The molecule has 0 unspecified atom stereocenters. The number of aromatic carboxylic acids is 1. The van der Waals surface area contributed by atoms with E-state index in [1.54, 1.807) is 0 Å². The van der Waals surface area contributed by atoms with Gasteiger partial charge < -0.3 is 10.4 Å². The molecule has 0 aromatic carbocycles. The van der Waals surface area contributed by atoms with Gasteiger partial charge in [0.1, 0.15) is 11.4 Å². The molecule has 0 spiro atoms. The summed E-state index contributed by atoms with van der Waals surface area (Å²) >= 11 is 0. The lowest BCUT2D eigenvalue weighted by atomic mass is 9.88. The Bertz CT molecular complexity index is 536. The Kier molecular flexibility index (Phi) is 3.31. The molecular weight excluding hydrogens is 287 g/mol. The van der Waals surface area contributed by atoms with Gasteiger partial charge in [0.15, 0.2) is 0 Å². The normalized spacial score (nSPS) is 18.4. The fourth-order valence-corrected chi connectivity index (χ4v) is 1.85. The molecule has 1 fully saturated rings. The molecule has 4 nitrogen and oxygen atoms in total. The maximum absolute atomic E-state index is 12.6. The lowest BCUT2D eigenvalue weighted by molar-refractivity contribution is -0.137. The van der Waals surface area contributed by atoms with Gasteiger partial charge >= 0.3 is 12.1 Å². The molecule has 2 N–H and O–H groups in total. The number of hydrogen-bond acceptors (Lipinski definition) is 3. The second kappa shape index (κ2) is 4.57. The van der Waals surface area contributed by atoms with Crippen molar-refractivity contribution in [2.45, 2.75) is 31.0 Å². The van der Waals surface area contributed by atoms with Gasteiger partial charge in [-0.05, 0) is 6.07 Å². The van der Waals surface area contributed by atoms with Gasteiger partial charge in [-0.2, -0.15) is 13.2 Å². The Hall–Kier alpha value is -1.93. The Labute approximate surface area is 109 Å². The fourth-order valence-electron chi connectivity index (χ4n) is 1.85. The van der Waals surface area contributed by atoms with Crippen LogP contribution in [0.4, 0.5) is 27.8 Å². The predicted octanol–water partition coefficient (Wildman–Crippen LogP) is 3.01. The molecule has 110 valence electrons. The molecule has 0 atom stereocenters. The molecule has 0 amide bonds.